The summed E-state index contributed by atoms with van der Waals surface area (Å²) >= 11 is 0. The molecule has 1 aromatic carbocycles. The molecule has 0 aliphatic rings. The Bertz CT molecular complexity index is 370. The van der Waals surface area contributed by atoms with Crippen LogP contribution in [0.4, 0.5) is 0 Å². The number of hydrogen-bond donors (Lipinski definition) is 1. The van der Waals surface area contributed by atoms with Crippen molar-refractivity contribution in [1.82, 2.24) is 5.32 Å². The average Bonchev–Trinajstić information content (AvgIpc) is 2.39. The number of nitrogens with zero attached hydrogens (tertiary/aromatic N) is 1. The van der Waals surface area contributed by atoms with Crippen LogP contribution >= 0.6 is 0 Å². The first-order chi connectivity index (χ1) is 8.69. The molecule has 1 aromatic rings. The second-order valence-electron chi connectivity index (χ2n) is 4.81. The highest BCUT2D eigenvalue weighted by atomic mass is 16.5. The molecule has 0 bridgehead atoms. The smallest absolute Gasteiger partial charge is 0.0837 e. The molecular weight excluding hydrogens is 224 g/mol. The highest BCUT2D eigenvalue weighted by molar-refractivity contribution is 5.25. The fraction of sp³-hybridized carbons (Fsp3) is 0.533. The maximum atomic E-state index is 9.24. The Kier molecular flexibility index (Phi) is 6.42. The van der Waals surface area contributed by atoms with Gasteiger partial charge in [0.2, 0.25) is 0 Å². The van der Waals surface area contributed by atoms with Crippen LogP contribution < -0.4 is 5.32 Å². The van der Waals surface area contributed by atoms with Gasteiger partial charge in [-0.25, -0.2) is 0 Å². The van der Waals surface area contributed by atoms with E-state index in [1.54, 1.807) is 7.11 Å². The molecule has 0 aromatic heterocycles. The largest absolute Gasteiger partial charge is 0.383 e. The third kappa shape index (κ3) is 4.48. The summed E-state index contributed by atoms with van der Waals surface area (Å²) in [6.45, 7) is 5.64. The number of benzene rings is 1. The molecule has 1 rings (SSSR count). The summed E-state index contributed by atoms with van der Waals surface area (Å²) in [6.07, 6.45) is 0. The van der Waals surface area contributed by atoms with E-state index in [-0.39, 0.29) is 12.0 Å². The molecule has 2 unspecified atom stereocenters. The quantitative estimate of drug-likeness (QED) is 0.804. The molecule has 98 valence electrons. The summed E-state index contributed by atoms with van der Waals surface area (Å²) < 4.78 is 5.19. The Labute approximate surface area is 110 Å². The Balaban J connectivity index is 2.57. The number of ether oxygens (including phenoxy) is 1. The highest BCUT2D eigenvalue weighted by Gasteiger charge is 2.16. The van der Waals surface area contributed by atoms with Crippen molar-refractivity contribution in [2.75, 3.05) is 20.3 Å². The van der Waals surface area contributed by atoms with Gasteiger partial charge in [-0.1, -0.05) is 44.2 Å². The molecule has 0 radical (unpaired) electrons. The van der Waals surface area contributed by atoms with Crippen molar-refractivity contribution in [3.05, 3.63) is 35.9 Å². The van der Waals surface area contributed by atoms with Crippen molar-refractivity contribution in [2.45, 2.75) is 25.8 Å². The van der Waals surface area contributed by atoms with Crippen LogP contribution in [0.15, 0.2) is 30.3 Å². The normalized spacial score (nSPS) is 14.2. The lowest BCUT2D eigenvalue weighted by Gasteiger charge is -2.23. The molecule has 1 N–H and O–H groups in total. The predicted octanol–water partition coefficient (Wildman–Crippen LogP) is 2.55. The summed E-state index contributed by atoms with van der Waals surface area (Å²) in [5, 5.41) is 12.7. The van der Waals surface area contributed by atoms with E-state index >= 15 is 0 Å². The van der Waals surface area contributed by atoms with Crippen LogP contribution in [0.2, 0.25) is 0 Å². The van der Waals surface area contributed by atoms with Gasteiger partial charge in [-0.05, 0) is 11.5 Å². The van der Waals surface area contributed by atoms with E-state index < -0.39 is 0 Å². The van der Waals surface area contributed by atoms with Gasteiger partial charge in [-0.2, -0.15) is 5.26 Å². The molecule has 0 fully saturated rings. The standard InChI is InChI=1S/C15H22N2O/c1-12(2)15(11-18-3)17-10-14(9-16)13-7-5-4-6-8-13/h4-8,12,14-15,17H,10-11H2,1-3H3. The van der Waals surface area contributed by atoms with Crippen molar-refractivity contribution < 1.29 is 4.74 Å². The lowest BCUT2D eigenvalue weighted by Crippen LogP contribution is -2.39. The first-order valence-electron chi connectivity index (χ1n) is 6.36. The lowest BCUT2D eigenvalue weighted by molar-refractivity contribution is 0.147. The van der Waals surface area contributed by atoms with Crippen molar-refractivity contribution in [2.24, 2.45) is 5.92 Å². The summed E-state index contributed by atoms with van der Waals surface area (Å²) in [7, 11) is 1.70. The zero-order chi connectivity index (χ0) is 13.4. The van der Waals surface area contributed by atoms with Crippen LogP contribution in [0, 0.1) is 17.2 Å². The molecule has 18 heavy (non-hydrogen) atoms. The first kappa shape index (κ1) is 14.7. The van der Waals surface area contributed by atoms with Gasteiger partial charge in [-0.15, -0.1) is 0 Å². The Morgan fingerprint density at radius 3 is 2.44 bits per heavy atom. The molecule has 0 aliphatic carbocycles. The van der Waals surface area contributed by atoms with Crippen LogP contribution in [0.5, 0.6) is 0 Å². The zero-order valence-corrected chi connectivity index (χ0v) is 11.4. The molecule has 0 spiro atoms. The lowest BCUT2D eigenvalue weighted by atomic mass is 9.99. The summed E-state index contributed by atoms with van der Waals surface area (Å²) in [5.74, 6) is 0.379. The van der Waals surface area contributed by atoms with Gasteiger partial charge in [-0.3, -0.25) is 0 Å². The van der Waals surface area contributed by atoms with E-state index in [4.69, 9.17) is 4.74 Å². The van der Waals surface area contributed by atoms with Crippen molar-refractivity contribution in [3.8, 4) is 6.07 Å². The van der Waals surface area contributed by atoms with Gasteiger partial charge in [0.15, 0.2) is 0 Å². The second-order valence-corrected chi connectivity index (χ2v) is 4.81. The highest BCUT2D eigenvalue weighted by Crippen LogP contribution is 2.14. The second kappa shape index (κ2) is 7.86. The van der Waals surface area contributed by atoms with Gasteiger partial charge in [0, 0.05) is 19.7 Å². The molecule has 0 heterocycles. The summed E-state index contributed by atoms with van der Waals surface area (Å²) in [5.41, 5.74) is 1.06. The van der Waals surface area contributed by atoms with E-state index in [2.05, 4.69) is 25.2 Å². The first-order valence-corrected chi connectivity index (χ1v) is 6.36. The van der Waals surface area contributed by atoms with Gasteiger partial charge >= 0.3 is 0 Å². The van der Waals surface area contributed by atoms with Gasteiger partial charge in [0.05, 0.1) is 18.6 Å². The van der Waals surface area contributed by atoms with Gasteiger partial charge in [0.1, 0.15) is 0 Å². The predicted molar refractivity (Wildman–Crippen MR) is 73.3 cm³/mol. The van der Waals surface area contributed by atoms with Crippen molar-refractivity contribution >= 4 is 0 Å². The van der Waals surface area contributed by atoms with E-state index in [9.17, 15) is 5.26 Å². The maximum Gasteiger partial charge on any atom is 0.0837 e. The fourth-order valence-electron chi connectivity index (χ4n) is 1.86. The number of nitrogens with one attached hydrogen (secondary N) is 1. The topological polar surface area (TPSA) is 45.0 Å². The Morgan fingerprint density at radius 1 is 1.28 bits per heavy atom. The number of rotatable bonds is 7. The average molecular weight is 246 g/mol. The van der Waals surface area contributed by atoms with E-state index in [1.165, 1.54) is 0 Å². The molecule has 2 atom stereocenters. The molecule has 0 saturated heterocycles. The number of methoxy groups -OCH3 is 1. The molecule has 3 heteroatoms. The summed E-state index contributed by atoms with van der Waals surface area (Å²) in [4.78, 5) is 0. The SMILES string of the molecule is COCC(NCC(C#N)c1ccccc1)C(C)C. The maximum absolute atomic E-state index is 9.24. The van der Waals surface area contributed by atoms with Crippen LogP contribution in [0.1, 0.15) is 25.3 Å². The van der Waals surface area contributed by atoms with E-state index in [0.29, 0.717) is 19.1 Å². The van der Waals surface area contributed by atoms with Crippen LogP contribution in [0.3, 0.4) is 0 Å². The zero-order valence-electron chi connectivity index (χ0n) is 11.4. The third-order valence-electron chi connectivity index (χ3n) is 3.09. The van der Waals surface area contributed by atoms with Gasteiger partial charge < -0.3 is 10.1 Å². The van der Waals surface area contributed by atoms with E-state index in [0.717, 1.165) is 5.56 Å². The molecule has 0 aliphatic heterocycles. The molecular formula is C15H22N2O. The minimum atomic E-state index is -0.107. The monoisotopic (exact) mass is 246 g/mol. The molecule has 0 saturated carbocycles. The van der Waals surface area contributed by atoms with Crippen molar-refractivity contribution in [3.63, 3.8) is 0 Å². The Morgan fingerprint density at radius 2 is 1.94 bits per heavy atom. The number of hydrogen-bond acceptors (Lipinski definition) is 3. The Hall–Kier alpha value is -1.37. The van der Waals surface area contributed by atoms with Gasteiger partial charge in [0.25, 0.3) is 0 Å². The van der Waals surface area contributed by atoms with Crippen LogP contribution in [-0.2, 0) is 4.74 Å². The molecule has 3 nitrogen and oxygen atoms in total. The number of nitriles is 1. The van der Waals surface area contributed by atoms with Crippen molar-refractivity contribution in [1.29, 1.82) is 5.26 Å². The summed E-state index contributed by atoms with van der Waals surface area (Å²) in [6, 6.07) is 12.5. The fourth-order valence-corrected chi connectivity index (χ4v) is 1.86. The van der Waals surface area contributed by atoms with Crippen LogP contribution in [-0.4, -0.2) is 26.3 Å². The minimum Gasteiger partial charge on any atom is -0.383 e. The third-order valence-corrected chi connectivity index (χ3v) is 3.09. The molecule has 0 amide bonds. The van der Waals surface area contributed by atoms with E-state index in [1.807, 2.05) is 30.3 Å². The van der Waals surface area contributed by atoms with Crippen LogP contribution in [0.25, 0.3) is 0 Å². The minimum absolute atomic E-state index is 0.107.